The molecule has 0 aromatic carbocycles. The minimum atomic E-state index is -0.186. The molecule has 0 unspecified atom stereocenters. The molecule has 1 fully saturated rings. The van der Waals surface area contributed by atoms with E-state index in [2.05, 4.69) is 15.3 Å². The third kappa shape index (κ3) is 3.82. The highest BCUT2D eigenvalue weighted by Gasteiger charge is 2.25. The Morgan fingerprint density at radius 1 is 1.40 bits per heavy atom. The molecule has 0 spiro atoms. The van der Waals surface area contributed by atoms with E-state index >= 15 is 0 Å². The van der Waals surface area contributed by atoms with E-state index in [1.54, 1.807) is 0 Å². The molecule has 1 heterocycles. The van der Waals surface area contributed by atoms with Gasteiger partial charge < -0.3 is 15.8 Å². The van der Waals surface area contributed by atoms with Crippen molar-refractivity contribution in [3.8, 4) is 5.88 Å². The van der Waals surface area contributed by atoms with E-state index in [4.69, 9.17) is 10.5 Å². The lowest BCUT2D eigenvalue weighted by Crippen LogP contribution is -2.32. The molecule has 0 saturated heterocycles. The second-order valence-electron chi connectivity index (χ2n) is 5.20. The molecule has 0 atom stereocenters. The molecule has 0 aliphatic heterocycles. The van der Waals surface area contributed by atoms with Gasteiger partial charge in [0, 0.05) is 23.7 Å². The SMILES string of the molecule is CCOc1cc(C)nc(NC2CCC(C(N)=O)CC2)n1. The molecular weight excluding hydrogens is 256 g/mol. The first-order chi connectivity index (χ1) is 9.58. The molecule has 1 aliphatic carbocycles. The van der Waals surface area contributed by atoms with E-state index < -0.39 is 0 Å². The van der Waals surface area contributed by atoms with Gasteiger partial charge in [0.2, 0.25) is 17.7 Å². The second kappa shape index (κ2) is 6.54. The fraction of sp³-hybridized carbons (Fsp3) is 0.643. The minimum absolute atomic E-state index is 0.0189. The second-order valence-corrected chi connectivity index (χ2v) is 5.20. The van der Waals surface area contributed by atoms with Crippen LogP contribution >= 0.6 is 0 Å². The number of hydrogen-bond acceptors (Lipinski definition) is 5. The highest BCUT2D eigenvalue weighted by Crippen LogP contribution is 2.26. The van der Waals surface area contributed by atoms with Gasteiger partial charge in [-0.15, -0.1) is 0 Å². The van der Waals surface area contributed by atoms with Crippen molar-refractivity contribution in [2.24, 2.45) is 11.7 Å². The Morgan fingerprint density at radius 3 is 2.70 bits per heavy atom. The molecule has 2 rings (SSSR count). The zero-order valence-electron chi connectivity index (χ0n) is 12.1. The van der Waals surface area contributed by atoms with Crippen LogP contribution in [-0.4, -0.2) is 28.5 Å². The summed E-state index contributed by atoms with van der Waals surface area (Å²) in [5.41, 5.74) is 6.21. The summed E-state index contributed by atoms with van der Waals surface area (Å²) in [7, 11) is 0. The molecular formula is C14H22N4O2. The van der Waals surface area contributed by atoms with Gasteiger partial charge in [-0.3, -0.25) is 4.79 Å². The molecule has 1 aliphatic rings. The number of carbonyl (C=O) groups is 1. The molecule has 6 heteroatoms. The summed E-state index contributed by atoms with van der Waals surface area (Å²) in [4.78, 5) is 19.8. The molecule has 0 bridgehead atoms. The van der Waals surface area contributed by atoms with Crippen LogP contribution in [0, 0.1) is 12.8 Å². The first-order valence-electron chi connectivity index (χ1n) is 7.12. The van der Waals surface area contributed by atoms with Crippen molar-refractivity contribution in [2.45, 2.75) is 45.6 Å². The normalized spacial score (nSPS) is 22.3. The molecule has 1 saturated carbocycles. The van der Waals surface area contributed by atoms with Crippen LogP contribution in [0.25, 0.3) is 0 Å². The number of nitrogens with two attached hydrogens (primary N) is 1. The van der Waals surface area contributed by atoms with Crippen LogP contribution in [0.2, 0.25) is 0 Å². The van der Waals surface area contributed by atoms with Gasteiger partial charge in [0.25, 0.3) is 0 Å². The molecule has 1 aromatic rings. The van der Waals surface area contributed by atoms with E-state index in [-0.39, 0.29) is 11.8 Å². The first-order valence-corrected chi connectivity index (χ1v) is 7.12. The lowest BCUT2D eigenvalue weighted by molar-refractivity contribution is -0.122. The van der Waals surface area contributed by atoms with Crippen molar-refractivity contribution in [2.75, 3.05) is 11.9 Å². The van der Waals surface area contributed by atoms with Crippen LogP contribution in [0.1, 0.15) is 38.3 Å². The molecule has 1 aromatic heterocycles. The predicted octanol–water partition coefficient (Wildman–Crippen LogP) is 1.64. The Hall–Kier alpha value is -1.85. The zero-order valence-corrected chi connectivity index (χ0v) is 12.1. The van der Waals surface area contributed by atoms with Crippen molar-refractivity contribution in [1.82, 2.24) is 9.97 Å². The number of ether oxygens (including phenoxy) is 1. The third-order valence-electron chi connectivity index (χ3n) is 3.59. The van der Waals surface area contributed by atoms with Crippen LogP contribution in [0.5, 0.6) is 5.88 Å². The summed E-state index contributed by atoms with van der Waals surface area (Å²) in [5.74, 6) is 1.02. The number of primary amides is 1. The first kappa shape index (κ1) is 14.6. The fourth-order valence-corrected chi connectivity index (χ4v) is 2.53. The van der Waals surface area contributed by atoms with Crippen molar-refractivity contribution in [3.63, 3.8) is 0 Å². The molecule has 0 radical (unpaired) electrons. The monoisotopic (exact) mass is 278 g/mol. The maximum atomic E-state index is 11.1. The Labute approximate surface area is 119 Å². The Morgan fingerprint density at radius 2 is 2.10 bits per heavy atom. The summed E-state index contributed by atoms with van der Waals surface area (Å²) in [6.07, 6.45) is 3.48. The number of rotatable bonds is 5. The average molecular weight is 278 g/mol. The largest absolute Gasteiger partial charge is 0.478 e. The van der Waals surface area contributed by atoms with Gasteiger partial charge >= 0.3 is 0 Å². The number of aromatic nitrogens is 2. The maximum absolute atomic E-state index is 11.1. The van der Waals surface area contributed by atoms with Crippen LogP contribution in [0.4, 0.5) is 5.95 Å². The van der Waals surface area contributed by atoms with Gasteiger partial charge in [0.1, 0.15) is 0 Å². The lowest BCUT2D eigenvalue weighted by Gasteiger charge is -2.27. The summed E-state index contributed by atoms with van der Waals surface area (Å²) in [6.45, 7) is 4.43. The smallest absolute Gasteiger partial charge is 0.226 e. The predicted molar refractivity (Wildman–Crippen MR) is 76.5 cm³/mol. The van der Waals surface area contributed by atoms with E-state index in [0.717, 1.165) is 31.4 Å². The van der Waals surface area contributed by atoms with Crippen LogP contribution < -0.4 is 15.8 Å². The topological polar surface area (TPSA) is 90.1 Å². The van der Waals surface area contributed by atoms with Crippen molar-refractivity contribution >= 4 is 11.9 Å². The van der Waals surface area contributed by atoms with Gasteiger partial charge in [-0.1, -0.05) is 0 Å². The molecule has 3 N–H and O–H groups in total. The number of anilines is 1. The minimum Gasteiger partial charge on any atom is -0.478 e. The average Bonchev–Trinajstić information content (AvgIpc) is 2.39. The summed E-state index contributed by atoms with van der Waals surface area (Å²) in [5, 5.41) is 3.33. The Balaban J connectivity index is 1.95. The van der Waals surface area contributed by atoms with Crippen molar-refractivity contribution in [3.05, 3.63) is 11.8 Å². The number of nitrogens with zero attached hydrogens (tertiary/aromatic N) is 2. The quantitative estimate of drug-likeness (QED) is 0.854. The van der Waals surface area contributed by atoms with Gasteiger partial charge in [0.05, 0.1) is 6.61 Å². The summed E-state index contributed by atoms with van der Waals surface area (Å²) < 4.78 is 5.41. The van der Waals surface area contributed by atoms with Gasteiger partial charge in [-0.2, -0.15) is 4.98 Å². The van der Waals surface area contributed by atoms with Crippen LogP contribution in [0.3, 0.4) is 0 Å². The highest BCUT2D eigenvalue weighted by atomic mass is 16.5. The Kier molecular flexibility index (Phi) is 4.76. The summed E-state index contributed by atoms with van der Waals surface area (Å²) in [6, 6.07) is 2.11. The lowest BCUT2D eigenvalue weighted by atomic mass is 9.86. The summed E-state index contributed by atoms with van der Waals surface area (Å²) >= 11 is 0. The van der Waals surface area contributed by atoms with Gasteiger partial charge in [-0.25, -0.2) is 4.98 Å². The number of amides is 1. The number of nitrogens with one attached hydrogen (secondary N) is 1. The number of aryl methyl sites for hydroxylation is 1. The van der Waals surface area contributed by atoms with Gasteiger partial charge in [0.15, 0.2) is 0 Å². The molecule has 20 heavy (non-hydrogen) atoms. The van der Waals surface area contributed by atoms with Gasteiger partial charge in [-0.05, 0) is 39.5 Å². The standard InChI is InChI=1S/C14H22N4O2/c1-3-20-12-8-9(2)16-14(18-12)17-11-6-4-10(5-7-11)13(15)19/h8,10-11H,3-7H2,1-2H3,(H2,15,19)(H,16,17,18). The molecule has 110 valence electrons. The van der Waals surface area contributed by atoms with Crippen molar-refractivity contribution in [1.29, 1.82) is 0 Å². The highest BCUT2D eigenvalue weighted by molar-refractivity contribution is 5.76. The van der Waals surface area contributed by atoms with Crippen LogP contribution in [0.15, 0.2) is 6.07 Å². The zero-order chi connectivity index (χ0) is 14.5. The maximum Gasteiger partial charge on any atom is 0.226 e. The number of hydrogen-bond donors (Lipinski definition) is 2. The van der Waals surface area contributed by atoms with E-state index in [1.165, 1.54) is 0 Å². The number of carbonyl (C=O) groups excluding carboxylic acids is 1. The third-order valence-corrected chi connectivity index (χ3v) is 3.59. The van der Waals surface area contributed by atoms with E-state index in [0.29, 0.717) is 24.5 Å². The van der Waals surface area contributed by atoms with E-state index in [1.807, 2.05) is 19.9 Å². The Bertz CT molecular complexity index is 470. The molecule has 6 nitrogen and oxygen atoms in total. The van der Waals surface area contributed by atoms with Crippen LogP contribution in [-0.2, 0) is 4.79 Å². The molecule has 1 amide bonds. The fourth-order valence-electron chi connectivity index (χ4n) is 2.53. The van der Waals surface area contributed by atoms with Crippen molar-refractivity contribution < 1.29 is 9.53 Å². The van der Waals surface area contributed by atoms with E-state index in [9.17, 15) is 4.79 Å².